The molecule has 0 bridgehead atoms. The van der Waals surface area contributed by atoms with Gasteiger partial charge in [0.25, 0.3) is 0 Å². The zero-order valence-corrected chi connectivity index (χ0v) is 17.3. The Labute approximate surface area is 158 Å². The Morgan fingerprint density at radius 1 is 0.800 bits per heavy atom. The SMILES string of the molecule is C=CCCC(C)(O)C#CCCCCCCCCCCCCCCCC. The van der Waals surface area contributed by atoms with Crippen molar-refractivity contribution in [2.24, 2.45) is 0 Å². The number of allylic oxidation sites excluding steroid dienone is 1. The fraction of sp³-hybridized carbons (Fsp3) is 0.833. The van der Waals surface area contributed by atoms with Crippen molar-refractivity contribution in [1.82, 2.24) is 0 Å². The molecule has 0 saturated heterocycles. The van der Waals surface area contributed by atoms with E-state index in [-0.39, 0.29) is 0 Å². The van der Waals surface area contributed by atoms with E-state index >= 15 is 0 Å². The van der Waals surface area contributed by atoms with E-state index in [2.05, 4.69) is 25.3 Å². The van der Waals surface area contributed by atoms with Gasteiger partial charge in [0.05, 0.1) is 0 Å². The molecule has 1 heteroatoms. The van der Waals surface area contributed by atoms with Crippen LogP contribution in [0, 0.1) is 11.8 Å². The predicted molar refractivity (Wildman–Crippen MR) is 113 cm³/mol. The van der Waals surface area contributed by atoms with E-state index in [1.165, 1.54) is 89.9 Å². The van der Waals surface area contributed by atoms with Crippen LogP contribution in [0.4, 0.5) is 0 Å². The molecule has 0 saturated carbocycles. The average molecular weight is 349 g/mol. The Morgan fingerprint density at radius 2 is 1.24 bits per heavy atom. The van der Waals surface area contributed by atoms with Gasteiger partial charge in [0.2, 0.25) is 0 Å². The Morgan fingerprint density at radius 3 is 1.68 bits per heavy atom. The maximum atomic E-state index is 10.0. The first-order valence-electron chi connectivity index (χ1n) is 11.0. The van der Waals surface area contributed by atoms with Crippen molar-refractivity contribution in [3.05, 3.63) is 12.7 Å². The normalized spacial score (nSPS) is 13.1. The van der Waals surface area contributed by atoms with Crippen molar-refractivity contribution >= 4 is 0 Å². The third-order valence-electron chi connectivity index (χ3n) is 4.85. The fourth-order valence-corrected chi connectivity index (χ4v) is 3.11. The minimum atomic E-state index is -0.843. The lowest BCUT2D eigenvalue weighted by molar-refractivity contribution is 0.113. The molecule has 1 N–H and O–H groups in total. The molecule has 0 aliphatic carbocycles. The van der Waals surface area contributed by atoms with Gasteiger partial charge in [-0.2, -0.15) is 0 Å². The molecule has 146 valence electrons. The monoisotopic (exact) mass is 348 g/mol. The predicted octanol–water partition coefficient (Wildman–Crippen LogP) is 7.58. The molecule has 0 fully saturated rings. The number of aliphatic hydroxyl groups is 1. The number of rotatable bonds is 17. The molecule has 0 aromatic heterocycles. The van der Waals surface area contributed by atoms with Crippen LogP contribution in [-0.4, -0.2) is 10.7 Å². The molecule has 1 unspecified atom stereocenters. The molecule has 1 nitrogen and oxygen atoms in total. The van der Waals surface area contributed by atoms with Gasteiger partial charge in [-0.25, -0.2) is 0 Å². The van der Waals surface area contributed by atoms with E-state index in [0.717, 1.165) is 12.8 Å². The summed E-state index contributed by atoms with van der Waals surface area (Å²) in [6, 6.07) is 0. The summed E-state index contributed by atoms with van der Waals surface area (Å²) >= 11 is 0. The van der Waals surface area contributed by atoms with Gasteiger partial charge in [0, 0.05) is 6.42 Å². The van der Waals surface area contributed by atoms with E-state index < -0.39 is 5.60 Å². The quantitative estimate of drug-likeness (QED) is 0.163. The summed E-state index contributed by atoms with van der Waals surface area (Å²) in [5.41, 5.74) is -0.843. The van der Waals surface area contributed by atoms with Gasteiger partial charge in [-0.3, -0.25) is 0 Å². The van der Waals surface area contributed by atoms with E-state index in [9.17, 15) is 5.11 Å². The topological polar surface area (TPSA) is 20.2 Å². The lowest BCUT2D eigenvalue weighted by atomic mass is 10.0. The molecule has 1 atom stereocenters. The van der Waals surface area contributed by atoms with Crippen molar-refractivity contribution in [3.8, 4) is 11.8 Å². The van der Waals surface area contributed by atoms with Crippen molar-refractivity contribution in [2.75, 3.05) is 0 Å². The van der Waals surface area contributed by atoms with E-state index in [1.807, 2.05) is 6.08 Å². The fourth-order valence-electron chi connectivity index (χ4n) is 3.11. The van der Waals surface area contributed by atoms with Gasteiger partial charge in [0.15, 0.2) is 0 Å². The summed E-state index contributed by atoms with van der Waals surface area (Å²) in [5.74, 6) is 6.14. The zero-order chi connectivity index (χ0) is 18.6. The van der Waals surface area contributed by atoms with Crippen LogP contribution in [0.15, 0.2) is 12.7 Å². The van der Waals surface area contributed by atoms with Crippen LogP contribution < -0.4 is 0 Å². The van der Waals surface area contributed by atoms with E-state index in [0.29, 0.717) is 6.42 Å². The van der Waals surface area contributed by atoms with Crippen molar-refractivity contribution in [1.29, 1.82) is 0 Å². The van der Waals surface area contributed by atoms with E-state index in [4.69, 9.17) is 0 Å². The average Bonchev–Trinajstić information content (AvgIpc) is 2.59. The van der Waals surface area contributed by atoms with Crippen molar-refractivity contribution in [2.45, 2.75) is 129 Å². The van der Waals surface area contributed by atoms with Gasteiger partial charge in [-0.1, -0.05) is 102 Å². The molecule has 0 amide bonds. The molecule has 25 heavy (non-hydrogen) atoms. The van der Waals surface area contributed by atoms with Crippen molar-refractivity contribution in [3.63, 3.8) is 0 Å². The van der Waals surface area contributed by atoms with Gasteiger partial charge >= 0.3 is 0 Å². The third-order valence-corrected chi connectivity index (χ3v) is 4.85. The summed E-state index contributed by atoms with van der Waals surface area (Å²) in [6.07, 6.45) is 23.6. The molecule has 0 spiro atoms. The summed E-state index contributed by atoms with van der Waals surface area (Å²) in [5, 5.41) is 10.0. The molecular weight excluding hydrogens is 304 g/mol. The lowest BCUT2D eigenvalue weighted by Gasteiger charge is -2.14. The van der Waals surface area contributed by atoms with Gasteiger partial charge in [-0.15, -0.1) is 12.5 Å². The highest BCUT2D eigenvalue weighted by Crippen LogP contribution is 2.14. The van der Waals surface area contributed by atoms with Crippen LogP contribution in [0.1, 0.15) is 123 Å². The second-order valence-electron chi connectivity index (χ2n) is 7.75. The second-order valence-corrected chi connectivity index (χ2v) is 7.75. The third kappa shape index (κ3) is 19.4. The van der Waals surface area contributed by atoms with Gasteiger partial charge < -0.3 is 5.11 Å². The van der Waals surface area contributed by atoms with E-state index in [1.54, 1.807) is 6.92 Å². The smallest absolute Gasteiger partial charge is 0.123 e. The largest absolute Gasteiger partial charge is 0.378 e. The Balaban J connectivity index is 3.28. The minimum Gasteiger partial charge on any atom is -0.378 e. The van der Waals surface area contributed by atoms with Crippen LogP contribution >= 0.6 is 0 Å². The summed E-state index contributed by atoms with van der Waals surface area (Å²) in [4.78, 5) is 0. The van der Waals surface area contributed by atoms with Gasteiger partial charge in [0.1, 0.15) is 5.60 Å². The zero-order valence-electron chi connectivity index (χ0n) is 17.3. The molecular formula is C24H44O. The van der Waals surface area contributed by atoms with Gasteiger partial charge in [-0.05, 0) is 26.2 Å². The minimum absolute atomic E-state index is 0.683. The van der Waals surface area contributed by atoms with Crippen LogP contribution in [0.5, 0.6) is 0 Å². The first-order valence-corrected chi connectivity index (χ1v) is 11.0. The number of hydrogen-bond donors (Lipinski definition) is 1. The maximum absolute atomic E-state index is 10.0. The molecule has 0 rings (SSSR count). The first-order chi connectivity index (χ1) is 12.1. The Kier molecular flexibility index (Phi) is 17.5. The van der Waals surface area contributed by atoms with Crippen LogP contribution in [-0.2, 0) is 0 Å². The highest BCUT2D eigenvalue weighted by molar-refractivity contribution is 5.12. The number of unbranched alkanes of at least 4 members (excludes halogenated alkanes) is 14. The lowest BCUT2D eigenvalue weighted by Crippen LogP contribution is -2.20. The summed E-state index contributed by atoms with van der Waals surface area (Å²) < 4.78 is 0. The summed E-state index contributed by atoms with van der Waals surface area (Å²) in [6.45, 7) is 7.77. The Hall–Kier alpha value is -0.740. The highest BCUT2D eigenvalue weighted by atomic mass is 16.3. The highest BCUT2D eigenvalue weighted by Gasteiger charge is 2.14. The van der Waals surface area contributed by atoms with Crippen molar-refractivity contribution < 1.29 is 5.11 Å². The second kappa shape index (κ2) is 18.1. The van der Waals surface area contributed by atoms with Crippen LogP contribution in [0.2, 0.25) is 0 Å². The Bertz CT molecular complexity index is 345. The summed E-state index contributed by atoms with van der Waals surface area (Å²) in [7, 11) is 0. The molecule has 0 aromatic rings. The maximum Gasteiger partial charge on any atom is 0.123 e. The standard InChI is InChI=1S/C24H44O/c1-4-6-8-9-10-11-12-13-14-15-16-17-18-19-20-21-23-24(3,25)22-7-5-2/h5,25H,2,4,6-20,22H2,1,3H3. The molecule has 0 heterocycles. The number of hydrogen-bond acceptors (Lipinski definition) is 1. The molecule has 0 aliphatic heterocycles. The molecule has 0 aromatic carbocycles. The van der Waals surface area contributed by atoms with Crippen LogP contribution in [0.25, 0.3) is 0 Å². The molecule has 0 radical (unpaired) electrons. The molecule has 0 aliphatic rings. The first kappa shape index (κ1) is 24.3. The van der Waals surface area contributed by atoms with Crippen LogP contribution in [0.3, 0.4) is 0 Å².